The number of ether oxygens (including phenoxy) is 4. The number of carbonyl (C=O) groups excluding carboxylic acids is 1. The second-order valence-electron chi connectivity index (χ2n) is 8.16. The SMILES string of the molecule is COc1ccc(F)c(F)c1COc1cc(-n2c(=O)[nH]c3c(OC)nc(C)nc32)c(Cl)cc1OCCNC(C)=O. The topological polar surface area (TPSA) is 130 Å². The molecule has 0 atom stereocenters. The summed E-state index contributed by atoms with van der Waals surface area (Å²) >= 11 is 6.57. The molecule has 4 rings (SSSR count). The van der Waals surface area contributed by atoms with Gasteiger partial charge in [-0.2, -0.15) is 4.98 Å². The first-order chi connectivity index (χ1) is 18.6. The van der Waals surface area contributed by atoms with Crippen LogP contribution in [0.3, 0.4) is 0 Å². The minimum absolute atomic E-state index is 0.0416. The summed E-state index contributed by atoms with van der Waals surface area (Å²) in [5.74, 6) is -1.72. The van der Waals surface area contributed by atoms with Gasteiger partial charge in [-0.05, 0) is 19.1 Å². The maximum absolute atomic E-state index is 14.6. The van der Waals surface area contributed by atoms with Crippen molar-refractivity contribution in [1.82, 2.24) is 24.8 Å². The summed E-state index contributed by atoms with van der Waals surface area (Å²) in [4.78, 5) is 35.4. The van der Waals surface area contributed by atoms with Gasteiger partial charge in [-0.15, -0.1) is 0 Å². The fourth-order valence-corrected chi connectivity index (χ4v) is 4.03. The van der Waals surface area contributed by atoms with Gasteiger partial charge in [0.15, 0.2) is 28.8 Å². The van der Waals surface area contributed by atoms with E-state index in [-0.39, 0.29) is 69.6 Å². The zero-order chi connectivity index (χ0) is 28.3. The van der Waals surface area contributed by atoms with Crippen LogP contribution in [0, 0.1) is 18.6 Å². The van der Waals surface area contributed by atoms with E-state index in [9.17, 15) is 18.4 Å². The van der Waals surface area contributed by atoms with Gasteiger partial charge in [0.05, 0.1) is 37.0 Å². The first kappa shape index (κ1) is 27.6. The van der Waals surface area contributed by atoms with Crippen LogP contribution in [0.1, 0.15) is 18.3 Å². The lowest BCUT2D eigenvalue weighted by molar-refractivity contribution is -0.119. The van der Waals surface area contributed by atoms with E-state index in [0.717, 1.165) is 6.07 Å². The summed E-state index contributed by atoms with van der Waals surface area (Å²) in [5.41, 5.74) is -0.170. The predicted octanol–water partition coefficient (Wildman–Crippen LogP) is 3.46. The molecule has 39 heavy (non-hydrogen) atoms. The van der Waals surface area contributed by atoms with Gasteiger partial charge in [-0.3, -0.25) is 9.78 Å². The van der Waals surface area contributed by atoms with Crippen LogP contribution in [0.4, 0.5) is 8.78 Å². The first-order valence-corrected chi connectivity index (χ1v) is 11.9. The Kier molecular flexibility index (Phi) is 8.19. The zero-order valence-electron chi connectivity index (χ0n) is 21.4. The number of H-pyrrole nitrogens is 1. The maximum atomic E-state index is 14.6. The molecular formula is C25H24ClF2N5O6. The third-order valence-electron chi connectivity index (χ3n) is 5.54. The van der Waals surface area contributed by atoms with Crippen molar-refractivity contribution in [3.05, 3.63) is 62.8 Å². The average Bonchev–Trinajstić information content (AvgIpc) is 3.22. The van der Waals surface area contributed by atoms with E-state index in [1.807, 2.05) is 0 Å². The summed E-state index contributed by atoms with van der Waals surface area (Å²) in [6.45, 7) is 2.76. The smallest absolute Gasteiger partial charge is 0.332 e. The quantitative estimate of drug-likeness (QED) is 0.281. The van der Waals surface area contributed by atoms with Gasteiger partial charge in [0.25, 0.3) is 0 Å². The fourth-order valence-electron chi connectivity index (χ4n) is 3.79. The van der Waals surface area contributed by atoms with Crippen LogP contribution >= 0.6 is 11.6 Å². The normalized spacial score (nSPS) is 10.9. The van der Waals surface area contributed by atoms with Crippen LogP contribution in [0.5, 0.6) is 23.1 Å². The number of carbonyl (C=O) groups is 1. The van der Waals surface area contributed by atoms with Crippen molar-refractivity contribution in [3.8, 4) is 28.8 Å². The van der Waals surface area contributed by atoms with Crippen LogP contribution in [-0.2, 0) is 11.4 Å². The molecule has 0 bridgehead atoms. The Hall–Kier alpha value is -4.39. The molecule has 0 saturated heterocycles. The molecule has 11 nitrogen and oxygen atoms in total. The van der Waals surface area contributed by atoms with Crippen LogP contribution in [0.2, 0.25) is 5.02 Å². The number of nitrogens with zero attached hydrogens (tertiary/aromatic N) is 3. The van der Waals surface area contributed by atoms with Crippen LogP contribution in [0.25, 0.3) is 16.9 Å². The number of hydrogen-bond acceptors (Lipinski definition) is 8. The standard InChI is InChI=1S/C25H24ClF2N5O6/c1-12-30-23-22(24(31-12)37-4)32-25(35)33(23)17-10-20(19(9-15(17)26)38-8-7-29-13(2)34)39-11-14-18(36-3)6-5-16(27)21(14)28/h5-6,9-10H,7-8,11H2,1-4H3,(H,29,34)(H,32,35). The van der Waals surface area contributed by atoms with E-state index in [1.54, 1.807) is 6.92 Å². The van der Waals surface area contributed by atoms with Gasteiger partial charge in [0.1, 0.15) is 30.3 Å². The third-order valence-corrected chi connectivity index (χ3v) is 5.84. The minimum atomic E-state index is -1.14. The Labute approximate surface area is 225 Å². The zero-order valence-corrected chi connectivity index (χ0v) is 22.1. The van der Waals surface area contributed by atoms with E-state index >= 15 is 0 Å². The highest BCUT2D eigenvalue weighted by atomic mass is 35.5. The van der Waals surface area contributed by atoms with Gasteiger partial charge in [0.2, 0.25) is 11.8 Å². The second kappa shape index (κ2) is 11.6. The number of hydrogen-bond donors (Lipinski definition) is 2. The van der Waals surface area contributed by atoms with Gasteiger partial charge in [-0.25, -0.2) is 23.1 Å². The number of amides is 1. The molecule has 0 radical (unpaired) electrons. The molecule has 2 heterocycles. The molecule has 4 aromatic rings. The lowest BCUT2D eigenvalue weighted by Crippen LogP contribution is -2.25. The van der Waals surface area contributed by atoms with Crippen molar-refractivity contribution in [2.75, 3.05) is 27.4 Å². The van der Waals surface area contributed by atoms with Crippen molar-refractivity contribution in [3.63, 3.8) is 0 Å². The number of aromatic amines is 1. The molecule has 0 saturated carbocycles. The highest BCUT2D eigenvalue weighted by molar-refractivity contribution is 6.32. The van der Waals surface area contributed by atoms with Crippen LogP contribution < -0.4 is 30.0 Å². The maximum Gasteiger partial charge on any atom is 0.332 e. The molecule has 0 spiro atoms. The summed E-state index contributed by atoms with van der Waals surface area (Å²) < 4.78 is 51.7. The van der Waals surface area contributed by atoms with Crippen molar-refractivity contribution >= 4 is 28.7 Å². The molecule has 2 aromatic heterocycles. The van der Waals surface area contributed by atoms with Crippen molar-refractivity contribution in [1.29, 1.82) is 0 Å². The summed E-state index contributed by atoms with van der Waals surface area (Å²) in [6, 6.07) is 5.01. The monoisotopic (exact) mass is 563 g/mol. The summed E-state index contributed by atoms with van der Waals surface area (Å²) in [7, 11) is 2.72. The lowest BCUT2D eigenvalue weighted by atomic mass is 10.2. The van der Waals surface area contributed by atoms with Crippen molar-refractivity contribution < 1.29 is 32.5 Å². The van der Waals surface area contributed by atoms with Crippen LogP contribution in [0.15, 0.2) is 29.1 Å². The number of fused-ring (bicyclic) bond motifs is 1. The number of benzene rings is 2. The molecule has 1 amide bonds. The highest BCUT2D eigenvalue weighted by Gasteiger charge is 2.22. The number of halogens is 3. The second-order valence-corrected chi connectivity index (χ2v) is 8.56. The van der Waals surface area contributed by atoms with Gasteiger partial charge in [-0.1, -0.05) is 11.6 Å². The first-order valence-electron chi connectivity index (χ1n) is 11.5. The third kappa shape index (κ3) is 5.72. The average molecular weight is 564 g/mol. The molecular weight excluding hydrogens is 540 g/mol. The number of rotatable bonds is 10. The highest BCUT2D eigenvalue weighted by Crippen LogP contribution is 2.37. The molecule has 0 unspecified atom stereocenters. The molecule has 2 aromatic carbocycles. The molecule has 0 aliphatic rings. The largest absolute Gasteiger partial charge is 0.496 e. The van der Waals surface area contributed by atoms with Gasteiger partial charge < -0.3 is 24.3 Å². The number of imidazole rings is 1. The Bertz CT molecular complexity index is 1610. The summed E-state index contributed by atoms with van der Waals surface area (Å²) in [6.07, 6.45) is 0. The Morgan fingerprint density at radius 2 is 1.85 bits per heavy atom. The Morgan fingerprint density at radius 3 is 2.54 bits per heavy atom. The summed E-state index contributed by atoms with van der Waals surface area (Å²) in [5, 5.41) is 2.68. The lowest BCUT2D eigenvalue weighted by Gasteiger charge is -2.17. The van der Waals surface area contributed by atoms with Crippen molar-refractivity contribution in [2.45, 2.75) is 20.5 Å². The Morgan fingerprint density at radius 1 is 1.10 bits per heavy atom. The molecule has 0 aliphatic carbocycles. The molecule has 0 aliphatic heterocycles. The minimum Gasteiger partial charge on any atom is -0.496 e. The number of methoxy groups -OCH3 is 2. The number of aromatic nitrogens is 4. The van der Waals surface area contributed by atoms with Crippen LogP contribution in [-0.4, -0.2) is 52.8 Å². The van der Waals surface area contributed by atoms with Crippen molar-refractivity contribution in [2.24, 2.45) is 0 Å². The Balaban J connectivity index is 1.80. The van der Waals surface area contributed by atoms with E-state index < -0.39 is 23.9 Å². The van der Waals surface area contributed by atoms with Gasteiger partial charge in [0, 0.05) is 19.1 Å². The predicted molar refractivity (Wildman–Crippen MR) is 137 cm³/mol. The van der Waals surface area contributed by atoms with Gasteiger partial charge >= 0.3 is 5.69 Å². The van der Waals surface area contributed by atoms with E-state index in [0.29, 0.717) is 5.82 Å². The molecule has 2 N–H and O–H groups in total. The number of aryl methyl sites for hydroxylation is 1. The number of nitrogens with one attached hydrogen (secondary N) is 2. The molecule has 14 heteroatoms. The van der Waals surface area contributed by atoms with E-state index in [2.05, 4.69) is 20.3 Å². The molecule has 206 valence electrons. The van der Waals surface area contributed by atoms with E-state index in [4.69, 9.17) is 30.5 Å². The fraction of sp³-hybridized carbons (Fsp3) is 0.280. The van der Waals surface area contributed by atoms with E-state index in [1.165, 1.54) is 43.9 Å². The molecule has 0 fully saturated rings.